The summed E-state index contributed by atoms with van der Waals surface area (Å²) in [5.41, 5.74) is 0.132. The van der Waals surface area contributed by atoms with E-state index in [4.69, 9.17) is 4.74 Å². The Labute approximate surface area is 106 Å². The summed E-state index contributed by atoms with van der Waals surface area (Å²) in [5.74, 6) is -4.66. The summed E-state index contributed by atoms with van der Waals surface area (Å²) in [4.78, 5) is 13.0. The molecule has 2 rings (SSSR count). The normalized spacial score (nSPS) is 31.3. The first-order valence-corrected chi connectivity index (χ1v) is 6.35. The molecular formula is C12H20F2N2O2. The van der Waals surface area contributed by atoms with Crippen LogP contribution in [0, 0.1) is 0 Å². The Morgan fingerprint density at radius 3 is 2.50 bits per heavy atom. The molecule has 6 heteroatoms. The topological polar surface area (TPSA) is 41.6 Å². The first kappa shape index (κ1) is 13.7. The van der Waals surface area contributed by atoms with Crippen LogP contribution in [0.1, 0.15) is 26.2 Å². The molecule has 0 aromatic carbocycles. The van der Waals surface area contributed by atoms with Crippen molar-refractivity contribution in [3.63, 3.8) is 0 Å². The molecule has 104 valence electrons. The highest BCUT2D eigenvalue weighted by atomic mass is 19.3. The second kappa shape index (κ2) is 4.74. The zero-order valence-electron chi connectivity index (χ0n) is 10.8. The second-order valence-electron chi connectivity index (χ2n) is 5.55. The van der Waals surface area contributed by atoms with Crippen LogP contribution in [0.25, 0.3) is 0 Å². The summed E-state index contributed by atoms with van der Waals surface area (Å²) in [7, 11) is 1.94. The molecule has 2 fully saturated rings. The molecule has 18 heavy (non-hydrogen) atoms. The first-order chi connectivity index (χ1) is 8.35. The van der Waals surface area contributed by atoms with Gasteiger partial charge in [-0.25, -0.2) is 4.79 Å². The number of carbonyl (C=O) groups excluding carboxylic acids is 1. The van der Waals surface area contributed by atoms with Crippen LogP contribution < -0.4 is 5.32 Å². The van der Waals surface area contributed by atoms with Gasteiger partial charge < -0.3 is 10.1 Å². The van der Waals surface area contributed by atoms with E-state index >= 15 is 0 Å². The number of hydrogen-bond donors (Lipinski definition) is 1. The molecule has 0 aliphatic carbocycles. The van der Waals surface area contributed by atoms with E-state index in [2.05, 4.69) is 17.1 Å². The molecule has 1 unspecified atom stereocenters. The number of rotatable bonds is 3. The van der Waals surface area contributed by atoms with Crippen molar-refractivity contribution in [2.75, 3.05) is 26.7 Å². The number of cyclic esters (lactones) is 1. The van der Waals surface area contributed by atoms with Crippen molar-refractivity contribution in [3.8, 4) is 0 Å². The van der Waals surface area contributed by atoms with Crippen molar-refractivity contribution in [1.82, 2.24) is 10.2 Å². The van der Waals surface area contributed by atoms with Gasteiger partial charge in [0.25, 0.3) is 0 Å². The van der Waals surface area contributed by atoms with E-state index < -0.39 is 24.4 Å². The van der Waals surface area contributed by atoms with E-state index in [9.17, 15) is 13.6 Å². The Morgan fingerprint density at radius 1 is 1.44 bits per heavy atom. The molecule has 0 bridgehead atoms. The number of hydrogen-bond acceptors (Lipinski definition) is 4. The molecule has 2 aliphatic heterocycles. The molecule has 0 amide bonds. The molecule has 0 saturated carbocycles. The average Bonchev–Trinajstić information content (AvgIpc) is 2.56. The SMILES string of the molecule is CNC1(C)CCN(CC2CC(F)(F)C(=O)O2)CC1. The molecule has 2 aliphatic rings. The number of esters is 1. The molecule has 2 heterocycles. The number of carbonyl (C=O) groups is 1. The predicted molar refractivity (Wildman–Crippen MR) is 62.6 cm³/mol. The molecular weight excluding hydrogens is 242 g/mol. The Bertz CT molecular complexity index is 328. The van der Waals surface area contributed by atoms with Gasteiger partial charge in [-0.15, -0.1) is 0 Å². The Kier molecular flexibility index (Phi) is 3.60. The number of ether oxygens (including phenoxy) is 1. The zero-order chi connectivity index (χ0) is 13.4. The third-order valence-corrected chi connectivity index (χ3v) is 4.08. The van der Waals surface area contributed by atoms with Gasteiger partial charge in [-0.2, -0.15) is 8.78 Å². The molecule has 4 nitrogen and oxygen atoms in total. The maximum atomic E-state index is 13.0. The number of nitrogens with one attached hydrogen (secondary N) is 1. The summed E-state index contributed by atoms with van der Waals surface area (Å²) in [6.07, 6.45) is 0.804. The van der Waals surface area contributed by atoms with E-state index in [0.717, 1.165) is 25.9 Å². The smallest absolute Gasteiger partial charge is 0.377 e. The third kappa shape index (κ3) is 2.80. The predicted octanol–water partition coefficient (Wildman–Crippen LogP) is 1.01. The van der Waals surface area contributed by atoms with Crippen molar-refractivity contribution in [1.29, 1.82) is 0 Å². The quantitative estimate of drug-likeness (QED) is 0.771. The first-order valence-electron chi connectivity index (χ1n) is 6.35. The third-order valence-electron chi connectivity index (χ3n) is 4.08. The van der Waals surface area contributed by atoms with Gasteiger partial charge in [0.05, 0.1) is 6.42 Å². The second-order valence-corrected chi connectivity index (χ2v) is 5.55. The molecule has 1 atom stereocenters. The van der Waals surface area contributed by atoms with E-state index in [1.807, 2.05) is 7.05 Å². The Morgan fingerprint density at radius 2 is 2.06 bits per heavy atom. The number of halogens is 2. The highest BCUT2D eigenvalue weighted by Gasteiger charge is 2.51. The van der Waals surface area contributed by atoms with Crippen molar-refractivity contribution < 1.29 is 18.3 Å². The summed E-state index contributed by atoms with van der Waals surface area (Å²) >= 11 is 0. The van der Waals surface area contributed by atoms with Crippen molar-refractivity contribution in [2.24, 2.45) is 0 Å². The van der Waals surface area contributed by atoms with Gasteiger partial charge in [0.1, 0.15) is 6.10 Å². The fraction of sp³-hybridized carbons (Fsp3) is 0.917. The highest BCUT2D eigenvalue weighted by Crippen LogP contribution is 2.32. The van der Waals surface area contributed by atoms with Crippen LogP contribution in [0.5, 0.6) is 0 Å². The minimum atomic E-state index is -3.29. The van der Waals surface area contributed by atoms with E-state index in [1.165, 1.54) is 0 Å². The number of likely N-dealkylation sites (tertiary alicyclic amines) is 1. The lowest BCUT2D eigenvalue weighted by molar-refractivity contribution is -0.159. The minimum Gasteiger partial charge on any atom is -0.456 e. The highest BCUT2D eigenvalue weighted by molar-refractivity contribution is 5.79. The maximum Gasteiger partial charge on any atom is 0.377 e. The van der Waals surface area contributed by atoms with Gasteiger partial charge in [-0.05, 0) is 26.8 Å². The lowest BCUT2D eigenvalue weighted by Gasteiger charge is -2.39. The maximum absolute atomic E-state index is 13.0. The van der Waals surface area contributed by atoms with E-state index in [-0.39, 0.29) is 5.54 Å². The number of alkyl halides is 2. The monoisotopic (exact) mass is 262 g/mol. The average molecular weight is 262 g/mol. The standard InChI is InChI=1S/C12H20F2N2O2/c1-11(15-2)3-5-16(6-4-11)8-9-7-12(13,14)10(17)18-9/h9,15H,3-8H2,1-2H3. The summed E-state index contributed by atoms with van der Waals surface area (Å²) in [6, 6.07) is 0. The minimum absolute atomic E-state index is 0.132. The van der Waals surface area contributed by atoms with Crippen LogP contribution in [0.4, 0.5) is 8.78 Å². The molecule has 1 N–H and O–H groups in total. The van der Waals surface area contributed by atoms with Gasteiger partial charge in [0.15, 0.2) is 0 Å². The van der Waals surface area contributed by atoms with Crippen molar-refractivity contribution in [2.45, 2.75) is 43.8 Å². The van der Waals surface area contributed by atoms with E-state index in [0.29, 0.717) is 6.54 Å². The van der Waals surface area contributed by atoms with Gasteiger partial charge in [-0.1, -0.05) is 0 Å². The zero-order valence-corrected chi connectivity index (χ0v) is 10.8. The lowest BCUT2D eigenvalue weighted by atomic mass is 9.90. The number of nitrogens with zero attached hydrogens (tertiary/aromatic N) is 1. The van der Waals surface area contributed by atoms with Gasteiger partial charge >= 0.3 is 11.9 Å². The van der Waals surface area contributed by atoms with Crippen LogP contribution >= 0.6 is 0 Å². The lowest BCUT2D eigenvalue weighted by Crippen LogP contribution is -2.51. The molecule has 0 aromatic rings. The van der Waals surface area contributed by atoms with Gasteiger partial charge in [0.2, 0.25) is 0 Å². The van der Waals surface area contributed by atoms with Crippen molar-refractivity contribution in [3.05, 3.63) is 0 Å². The fourth-order valence-corrected chi connectivity index (χ4v) is 2.52. The molecule has 0 radical (unpaired) electrons. The van der Waals surface area contributed by atoms with Crippen LogP contribution in [0.3, 0.4) is 0 Å². The van der Waals surface area contributed by atoms with Gasteiger partial charge in [-0.3, -0.25) is 4.90 Å². The van der Waals surface area contributed by atoms with Crippen molar-refractivity contribution >= 4 is 5.97 Å². The molecule has 0 aromatic heterocycles. The van der Waals surface area contributed by atoms with Crippen LogP contribution in [0.15, 0.2) is 0 Å². The molecule has 0 spiro atoms. The Balaban J connectivity index is 1.81. The Hall–Kier alpha value is -0.750. The summed E-state index contributed by atoms with van der Waals surface area (Å²) in [5, 5.41) is 3.28. The van der Waals surface area contributed by atoms with E-state index in [1.54, 1.807) is 0 Å². The van der Waals surface area contributed by atoms with Crippen LogP contribution in [-0.4, -0.2) is 55.1 Å². The van der Waals surface area contributed by atoms with Gasteiger partial charge in [0, 0.05) is 25.2 Å². The summed E-state index contributed by atoms with van der Waals surface area (Å²) < 4.78 is 30.7. The largest absolute Gasteiger partial charge is 0.456 e. The van der Waals surface area contributed by atoms with Crippen LogP contribution in [0.2, 0.25) is 0 Å². The van der Waals surface area contributed by atoms with Crippen LogP contribution in [-0.2, 0) is 9.53 Å². The summed E-state index contributed by atoms with van der Waals surface area (Å²) in [6.45, 7) is 4.27. The molecule has 2 saturated heterocycles. The fourth-order valence-electron chi connectivity index (χ4n) is 2.52. The number of piperidine rings is 1.